The molecule has 0 atom stereocenters. The summed E-state index contributed by atoms with van der Waals surface area (Å²) in [5.41, 5.74) is 4.77. The van der Waals surface area contributed by atoms with Crippen LogP contribution >= 0.6 is 0 Å². The lowest BCUT2D eigenvalue weighted by atomic mass is 10.1. The molecule has 2 rings (SSSR count). The molecule has 0 saturated heterocycles. The van der Waals surface area contributed by atoms with Gasteiger partial charge in [-0.1, -0.05) is 38.1 Å². The minimum Gasteiger partial charge on any atom is -0.457 e. The molecule has 0 bridgehead atoms. The van der Waals surface area contributed by atoms with E-state index in [0.29, 0.717) is 6.04 Å². The first-order valence-corrected chi connectivity index (χ1v) is 7.53. The number of hydrogen-bond acceptors (Lipinski definition) is 2. The maximum absolute atomic E-state index is 6.14. The van der Waals surface area contributed by atoms with Crippen molar-refractivity contribution >= 4 is 0 Å². The van der Waals surface area contributed by atoms with Crippen LogP contribution in [0.15, 0.2) is 36.4 Å². The summed E-state index contributed by atoms with van der Waals surface area (Å²) in [5, 5.41) is 3.44. The third-order valence-electron chi connectivity index (χ3n) is 3.53. The standard InChI is InChI=1S/C19H25NO/c1-13(2)20-12-17-9-8-16(5)19(11-17)21-18-10-14(3)6-7-15(18)4/h6-11,13,20H,12H2,1-5H3. The van der Waals surface area contributed by atoms with E-state index in [9.17, 15) is 0 Å². The molecule has 21 heavy (non-hydrogen) atoms. The molecule has 0 fully saturated rings. The van der Waals surface area contributed by atoms with Gasteiger partial charge in [-0.05, 0) is 55.2 Å². The Morgan fingerprint density at radius 2 is 1.52 bits per heavy atom. The highest BCUT2D eigenvalue weighted by Gasteiger charge is 2.06. The molecular weight excluding hydrogens is 258 g/mol. The highest BCUT2D eigenvalue weighted by atomic mass is 16.5. The molecule has 2 aromatic rings. The second-order valence-electron chi connectivity index (χ2n) is 6.01. The molecule has 0 aromatic heterocycles. The van der Waals surface area contributed by atoms with Crippen molar-refractivity contribution in [3.05, 3.63) is 58.7 Å². The first kappa shape index (κ1) is 15.6. The van der Waals surface area contributed by atoms with Gasteiger partial charge in [0, 0.05) is 12.6 Å². The Morgan fingerprint density at radius 3 is 2.19 bits per heavy atom. The summed E-state index contributed by atoms with van der Waals surface area (Å²) in [7, 11) is 0. The third-order valence-corrected chi connectivity index (χ3v) is 3.53. The van der Waals surface area contributed by atoms with Gasteiger partial charge < -0.3 is 10.1 Å². The minimum absolute atomic E-state index is 0.481. The van der Waals surface area contributed by atoms with Crippen LogP contribution in [0.4, 0.5) is 0 Å². The lowest BCUT2D eigenvalue weighted by Gasteiger charge is -2.14. The lowest BCUT2D eigenvalue weighted by molar-refractivity contribution is 0.473. The fourth-order valence-corrected chi connectivity index (χ4v) is 2.12. The number of nitrogens with one attached hydrogen (secondary N) is 1. The molecule has 0 heterocycles. The Kier molecular flexibility index (Phi) is 5.03. The van der Waals surface area contributed by atoms with E-state index in [2.05, 4.69) is 76.3 Å². The number of hydrogen-bond donors (Lipinski definition) is 1. The van der Waals surface area contributed by atoms with E-state index in [1.165, 1.54) is 11.1 Å². The van der Waals surface area contributed by atoms with Crippen molar-refractivity contribution in [2.24, 2.45) is 0 Å². The van der Waals surface area contributed by atoms with Crippen LogP contribution < -0.4 is 10.1 Å². The van der Waals surface area contributed by atoms with Crippen LogP contribution in [0.2, 0.25) is 0 Å². The van der Waals surface area contributed by atoms with E-state index in [-0.39, 0.29) is 0 Å². The number of aryl methyl sites for hydroxylation is 3. The molecule has 0 saturated carbocycles. The van der Waals surface area contributed by atoms with Crippen molar-refractivity contribution in [2.75, 3.05) is 0 Å². The molecule has 0 unspecified atom stereocenters. The zero-order chi connectivity index (χ0) is 15.4. The molecular formula is C19H25NO. The summed E-state index contributed by atoms with van der Waals surface area (Å²) in [6, 6.07) is 13.2. The zero-order valence-electron chi connectivity index (χ0n) is 13.7. The van der Waals surface area contributed by atoms with Gasteiger partial charge >= 0.3 is 0 Å². The molecule has 0 aliphatic heterocycles. The smallest absolute Gasteiger partial charge is 0.130 e. The van der Waals surface area contributed by atoms with Crippen LogP contribution in [0.5, 0.6) is 11.5 Å². The largest absolute Gasteiger partial charge is 0.457 e. The Bertz CT molecular complexity index is 617. The molecule has 2 nitrogen and oxygen atoms in total. The Labute approximate surface area is 128 Å². The maximum Gasteiger partial charge on any atom is 0.130 e. The summed E-state index contributed by atoms with van der Waals surface area (Å²) in [6.45, 7) is 11.4. The van der Waals surface area contributed by atoms with E-state index >= 15 is 0 Å². The van der Waals surface area contributed by atoms with Gasteiger partial charge in [0.05, 0.1) is 0 Å². The summed E-state index contributed by atoms with van der Waals surface area (Å²) >= 11 is 0. The van der Waals surface area contributed by atoms with Crippen molar-refractivity contribution in [3.63, 3.8) is 0 Å². The van der Waals surface area contributed by atoms with Crippen molar-refractivity contribution in [2.45, 2.75) is 47.2 Å². The van der Waals surface area contributed by atoms with Gasteiger partial charge in [-0.2, -0.15) is 0 Å². The Balaban J connectivity index is 2.22. The van der Waals surface area contributed by atoms with Crippen LogP contribution in [-0.2, 0) is 6.54 Å². The van der Waals surface area contributed by atoms with Crippen molar-refractivity contribution in [3.8, 4) is 11.5 Å². The summed E-state index contributed by atoms with van der Waals surface area (Å²) in [4.78, 5) is 0. The molecule has 1 N–H and O–H groups in total. The molecule has 0 spiro atoms. The summed E-state index contributed by atoms with van der Waals surface area (Å²) in [5.74, 6) is 1.87. The summed E-state index contributed by atoms with van der Waals surface area (Å²) < 4.78 is 6.14. The molecule has 0 amide bonds. The van der Waals surface area contributed by atoms with Gasteiger partial charge in [0.1, 0.15) is 11.5 Å². The van der Waals surface area contributed by atoms with E-state index in [1.54, 1.807) is 0 Å². The summed E-state index contributed by atoms with van der Waals surface area (Å²) in [6.07, 6.45) is 0. The first-order chi connectivity index (χ1) is 9.95. The molecule has 2 heteroatoms. The first-order valence-electron chi connectivity index (χ1n) is 7.53. The SMILES string of the molecule is Cc1ccc(C)c(Oc2cc(CNC(C)C)ccc2C)c1. The van der Waals surface area contributed by atoms with Gasteiger partial charge in [0.2, 0.25) is 0 Å². The molecule has 0 radical (unpaired) electrons. The van der Waals surface area contributed by atoms with Gasteiger partial charge in [-0.3, -0.25) is 0 Å². The molecule has 2 aromatic carbocycles. The van der Waals surface area contributed by atoms with Gasteiger partial charge in [0.15, 0.2) is 0 Å². The molecule has 112 valence electrons. The van der Waals surface area contributed by atoms with Gasteiger partial charge in [-0.15, -0.1) is 0 Å². The fourth-order valence-electron chi connectivity index (χ4n) is 2.12. The highest BCUT2D eigenvalue weighted by Crippen LogP contribution is 2.29. The third kappa shape index (κ3) is 4.33. The predicted molar refractivity (Wildman–Crippen MR) is 89.1 cm³/mol. The zero-order valence-corrected chi connectivity index (χ0v) is 13.7. The topological polar surface area (TPSA) is 21.3 Å². The number of rotatable bonds is 5. The van der Waals surface area contributed by atoms with Gasteiger partial charge in [0.25, 0.3) is 0 Å². The van der Waals surface area contributed by atoms with Crippen molar-refractivity contribution in [1.29, 1.82) is 0 Å². The van der Waals surface area contributed by atoms with Crippen molar-refractivity contribution in [1.82, 2.24) is 5.32 Å². The average Bonchev–Trinajstić information content (AvgIpc) is 2.43. The predicted octanol–water partition coefficient (Wildman–Crippen LogP) is 4.90. The fraction of sp³-hybridized carbons (Fsp3) is 0.368. The minimum atomic E-state index is 0.481. The van der Waals surface area contributed by atoms with Crippen molar-refractivity contribution < 1.29 is 4.74 Å². The highest BCUT2D eigenvalue weighted by molar-refractivity contribution is 5.43. The maximum atomic E-state index is 6.14. The van der Waals surface area contributed by atoms with Crippen LogP contribution in [0.1, 0.15) is 36.1 Å². The second kappa shape index (κ2) is 6.77. The van der Waals surface area contributed by atoms with Crippen LogP contribution in [-0.4, -0.2) is 6.04 Å². The normalized spacial score (nSPS) is 11.0. The Hall–Kier alpha value is -1.80. The van der Waals surface area contributed by atoms with Crippen LogP contribution in [0.3, 0.4) is 0 Å². The number of ether oxygens (including phenoxy) is 1. The van der Waals surface area contributed by atoms with E-state index in [0.717, 1.165) is 29.2 Å². The lowest BCUT2D eigenvalue weighted by Crippen LogP contribution is -2.21. The van der Waals surface area contributed by atoms with Crippen LogP contribution in [0.25, 0.3) is 0 Å². The van der Waals surface area contributed by atoms with E-state index in [1.807, 2.05) is 0 Å². The van der Waals surface area contributed by atoms with Crippen LogP contribution in [0, 0.1) is 20.8 Å². The molecule has 0 aliphatic rings. The van der Waals surface area contributed by atoms with E-state index in [4.69, 9.17) is 4.74 Å². The van der Waals surface area contributed by atoms with Gasteiger partial charge in [-0.25, -0.2) is 0 Å². The second-order valence-corrected chi connectivity index (χ2v) is 6.01. The number of benzene rings is 2. The average molecular weight is 283 g/mol. The van der Waals surface area contributed by atoms with E-state index < -0.39 is 0 Å². The Morgan fingerprint density at radius 1 is 0.905 bits per heavy atom. The monoisotopic (exact) mass is 283 g/mol. The quantitative estimate of drug-likeness (QED) is 0.842. The molecule has 0 aliphatic carbocycles.